The van der Waals surface area contributed by atoms with Gasteiger partial charge in [-0.3, -0.25) is 4.57 Å². The van der Waals surface area contributed by atoms with Crippen molar-refractivity contribution in [3.8, 4) is 11.8 Å². The van der Waals surface area contributed by atoms with E-state index in [1.807, 2.05) is 0 Å². The molecule has 11 heteroatoms. The van der Waals surface area contributed by atoms with E-state index in [1.54, 1.807) is 0 Å². The molecule has 33 heavy (non-hydrogen) atoms. The van der Waals surface area contributed by atoms with Gasteiger partial charge in [-0.25, -0.2) is 22.9 Å². The maximum Gasteiger partial charge on any atom is 0.405 e. The Morgan fingerprint density at radius 3 is 2.55 bits per heavy atom. The summed E-state index contributed by atoms with van der Waals surface area (Å²) in [6.45, 7) is -0.942. The molecule has 0 bridgehead atoms. The lowest BCUT2D eigenvalue weighted by Crippen LogP contribution is -2.30. The molecular formula is C22H16F6N4O. The van der Waals surface area contributed by atoms with Gasteiger partial charge in [-0.2, -0.15) is 18.2 Å². The Morgan fingerprint density at radius 2 is 1.91 bits per heavy atom. The van der Waals surface area contributed by atoms with Crippen molar-refractivity contribution in [1.29, 1.82) is 0 Å². The fraction of sp³-hybridized carbons (Fsp3) is 0.318. The normalized spacial score (nSPS) is 14.8. The molecular weight excluding hydrogens is 450 g/mol. The summed E-state index contributed by atoms with van der Waals surface area (Å²) in [5.41, 5.74) is -2.65. The second-order valence-corrected chi connectivity index (χ2v) is 7.65. The Morgan fingerprint density at radius 1 is 1.18 bits per heavy atom. The van der Waals surface area contributed by atoms with Crippen LogP contribution in [0.25, 0.3) is 10.9 Å². The van der Waals surface area contributed by atoms with Crippen molar-refractivity contribution < 1.29 is 26.3 Å². The Balaban J connectivity index is 1.83. The Hall–Kier alpha value is -3.55. The first-order valence-corrected chi connectivity index (χ1v) is 9.80. The zero-order chi connectivity index (χ0) is 24.0. The van der Waals surface area contributed by atoms with Crippen molar-refractivity contribution in [3.63, 3.8) is 0 Å². The van der Waals surface area contributed by atoms with Crippen molar-refractivity contribution >= 4 is 22.5 Å². The lowest BCUT2D eigenvalue weighted by atomic mass is 10.1. The minimum Gasteiger partial charge on any atom is -0.304 e. The molecule has 1 saturated carbocycles. The number of aryl methyl sites for hydroxylation is 1. The molecule has 1 aliphatic rings. The highest BCUT2D eigenvalue weighted by Crippen LogP contribution is 2.57. The average Bonchev–Trinajstić information content (AvgIpc) is 3.55. The first-order valence-electron chi connectivity index (χ1n) is 9.80. The molecule has 0 unspecified atom stereocenters. The Kier molecular flexibility index (Phi) is 5.56. The van der Waals surface area contributed by atoms with E-state index in [4.69, 9.17) is 0 Å². The van der Waals surface area contributed by atoms with Crippen LogP contribution in [-0.2, 0) is 7.05 Å². The van der Waals surface area contributed by atoms with E-state index < -0.39 is 36.1 Å². The van der Waals surface area contributed by atoms with Crippen molar-refractivity contribution in [3.05, 3.63) is 58.4 Å². The molecule has 0 aliphatic heterocycles. The lowest BCUT2D eigenvalue weighted by molar-refractivity contribution is -0.168. The molecule has 3 aromatic rings. The number of nitrogens with zero attached hydrogens (tertiary/aromatic N) is 4. The van der Waals surface area contributed by atoms with E-state index in [0.29, 0.717) is 0 Å². The zero-order valence-corrected chi connectivity index (χ0v) is 17.1. The smallest absolute Gasteiger partial charge is 0.304 e. The van der Waals surface area contributed by atoms with Crippen LogP contribution in [0.4, 0.5) is 38.0 Å². The summed E-state index contributed by atoms with van der Waals surface area (Å²) in [6.07, 6.45) is -7.60. The van der Waals surface area contributed by atoms with Gasteiger partial charge >= 0.3 is 11.9 Å². The highest BCUT2D eigenvalue weighted by Gasteiger charge is 2.62. The monoisotopic (exact) mass is 466 g/mol. The number of hydrogen-bond donors (Lipinski definition) is 0. The van der Waals surface area contributed by atoms with E-state index in [2.05, 4.69) is 21.8 Å². The van der Waals surface area contributed by atoms with Crippen LogP contribution in [-0.4, -0.2) is 33.7 Å². The molecule has 0 saturated heterocycles. The van der Waals surface area contributed by atoms with Gasteiger partial charge in [-0.05, 0) is 49.1 Å². The molecule has 0 spiro atoms. The summed E-state index contributed by atoms with van der Waals surface area (Å²) in [7, 11) is 1.40. The Bertz CT molecular complexity index is 1330. The number of alkyl halides is 5. The highest BCUT2D eigenvalue weighted by atomic mass is 19.4. The predicted octanol–water partition coefficient (Wildman–Crippen LogP) is 4.56. The SMILES string of the molecule is Cn1c(=O)nc(N(CC(F)F)c2cccc(C#CC3(C(F)(F)F)CC3)n2)c2cc(F)ccc21. The van der Waals surface area contributed by atoms with E-state index in [0.717, 1.165) is 21.6 Å². The van der Waals surface area contributed by atoms with Crippen LogP contribution in [0.5, 0.6) is 0 Å². The van der Waals surface area contributed by atoms with Gasteiger partial charge in [0, 0.05) is 12.4 Å². The van der Waals surface area contributed by atoms with E-state index >= 15 is 0 Å². The highest BCUT2D eigenvalue weighted by molar-refractivity contribution is 5.91. The zero-order valence-electron chi connectivity index (χ0n) is 17.1. The molecule has 172 valence electrons. The van der Waals surface area contributed by atoms with Gasteiger partial charge in [0.05, 0.1) is 12.1 Å². The van der Waals surface area contributed by atoms with Crippen LogP contribution in [0, 0.1) is 23.1 Å². The van der Waals surface area contributed by atoms with Gasteiger partial charge in [0.15, 0.2) is 0 Å². The van der Waals surface area contributed by atoms with Crippen molar-refractivity contribution in [2.24, 2.45) is 12.5 Å². The third-order valence-electron chi connectivity index (χ3n) is 5.36. The summed E-state index contributed by atoms with van der Waals surface area (Å²) in [5, 5.41) is 0.0880. The van der Waals surface area contributed by atoms with Crippen LogP contribution >= 0.6 is 0 Å². The van der Waals surface area contributed by atoms with Crippen molar-refractivity contribution in [2.75, 3.05) is 11.4 Å². The van der Waals surface area contributed by atoms with Crippen LogP contribution in [0.3, 0.4) is 0 Å². The van der Waals surface area contributed by atoms with Crippen molar-refractivity contribution in [2.45, 2.75) is 25.4 Å². The first kappa shape index (κ1) is 22.6. The van der Waals surface area contributed by atoms with Crippen LogP contribution in [0.2, 0.25) is 0 Å². The van der Waals surface area contributed by atoms with Gasteiger partial charge in [-0.1, -0.05) is 12.0 Å². The molecule has 0 N–H and O–H groups in total. The number of halogens is 6. The first-order chi connectivity index (χ1) is 15.5. The summed E-state index contributed by atoms with van der Waals surface area (Å²) < 4.78 is 81.4. The molecule has 0 radical (unpaired) electrons. The third-order valence-corrected chi connectivity index (χ3v) is 5.36. The fourth-order valence-corrected chi connectivity index (χ4v) is 3.37. The van der Waals surface area contributed by atoms with Crippen LogP contribution in [0.15, 0.2) is 41.2 Å². The van der Waals surface area contributed by atoms with Gasteiger partial charge in [-0.15, -0.1) is 0 Å². The molecule has 1 aromatic carbocycles. The van der Waals surface area contributed by atoms with Crippen molar-refractivity contribution in [1.82, 2.24) is 14.5 Å². The van der Waals surface area contributed by atoms with Gasteiger partial charge in [0.25, 0.3) is 6.43 Å². The second kappa shape index (κ2) is 8.10. The van der Waals surface area contributed by atoms with E-state index in [9.17, 15) is 31.1 Å². The minimum atomic E-state index is -4.48. The minimum absolute atomic E-state index is 0.0680. The molecule has 4 rings (SSSR count). The number of fused-ring (bicyclic) bond motifs is 1. The van der Waals surface area contributed by atoms with E-state index in [1.165, 1.54) is 31.3 Å². The molecule has 2 heterocycles. The van der Waals surface area contributed by atoms with Crippen LogP contribution < -0.4 is 10.6 Å². The lowest BCUT2D eigenvalue weighted by Gasteiger charge is -2.24. The number of hydrogen-bond acceptors (Lipinski definition) is 4. The molecule has 1 aliphatic carbocycles. The Labute approximate surface area is 183 Å². The standard InChI is InChI=1S/C22H16F6N4O/c1-31-16-6-5-13(23)11-15(16)19(30-20(31)33)32(12-17(24)25)18-4-2-3-14(29-18)7-8-21(9-10-21)22(26,27)28/h2-6,11,17H,9-10,12H2,1H3. The van der Waals surface area contributed by atoms with E-state index in [-0.39, 0.29) is 41.1 Å². The maximum atomic E-state index is 13.9. The summed E-state index contributed by atoms with van der Waals surface area (Å²) in [6, 6.07) is 7.56. The molecule has 0 amide bonds. The quantitative estimate of drug-likeness (QED) is 0.418. The molecule has 5 nitrogen and oxygen atoms in total. The van der Waals surface area contributed by atoms with Gasteiger partial charge in [0.2, 0.25) is 0 Å². The maximum absolute atomic E-state index is 13.9. The predicted molar refractivity (Wildman–Crippen MR) is 109 cm³/mol. The average molecular weight is 466 g/mol. The number of benzene rings is 1. The number of anilines is 2. The van der Waals surface area contributed by atoms with Crippen LogP contribution in [0.1, 0.15) is 18.5 Å². The third kappa shape index (κ3) is 4.37. The molecule has 0 atom stereocenters. The second-order valence-electron chi connectivity index (χ2n) is 7.65. The number of pyridine rings is 1. The summed E-state index contributed by atoms with van der Waals surface area (Å²) in [4.78, 5) is 21.2. The summed E-state index contributed by atoms with van der Waals surface area (Å²) >= 11 is 0. The molecule has 1 fully saturated rings. The van der Waals surface area contributed by atoms with Gasteiger partial charge in [0.1, 0.15) is 28.6 Å². The topological polar surface area (TPSA) is 51.0 Å². The number of aromatic nitrogens is 3. The molecule has 2 aromatic heterocycles. The number of rotatable bonds is 4. The summed E-state index contributed by atoms with van der Waals surface area (Å²) in [5.74, 6) is 3.54. The largest absolute Gasteiger partial charge is 0.405 e. The van der Waals surface area contributed by atoms with Gasteiger partial charge < -0.3 is 4.90 Å². The fourth-order valence-electron chi connectivity index (χ4n) is 3.37.